The molecule has 1 aromatic rings. The minimum Gasteiger partial charge on any atom is -0.508 e. The van der Waals surface area contributed by atoms with Gasteiger partial charge in [0.15, 0.2) is 0 Å². The lowest BCUT2D eigenvalue weighted by Crippen LogP contribution is -2.42. The number of rotatable bonds is 6. The van der Waals surface area contributed by atoms with E-state index in [0.29, 0.717) is 18.7 Å². The van der Waals surface area contributed by atoms with E-state index in [9.17, 15) is 15.0 Å². The first-order valence-electron chi connectivity index (χ1n) is 7.42. The first kappa shape index (κ1) is 18.1. The number of alkyl carbamates (subject to hydrolysis) is 1. The molecule has 1 rings (SSSR count). The molecular weight excluding hydrogens is 284 g/mol. The quantitative estimate of drug-likeness (QED) is 0.648. The highest BCUT2D eigenvalue weighted by Crippen LogP contribution is 2.22. The Labute approximate surface area is 131 Å². The maximum absolute atomic E-state index is 11.6. The molecule has 0 aliphatic carbocycles. The summed E-state index contributed by atoms with van der Waals surface area (Å²) in [4.78, 5) is 11.6. The number of aromatic hydroxyl groups is 2. The van der Waals surface area contributed by atoms with Gasteiger partial charge in [-0.25, -0.2) is 4.79 Å². The summed E-state index contributed by atoms with van der Waals surface area (Å²) in [5.74, 6) is 0.0716. The Morgan fingerprint density at radius 3 is 2.55 bits per heavy atom. The smallest absolute Gasteiger partial charge is 0.407 e. The summed E-state index contributed by atoms with van der Waals surface area (Å²) in [5, 5.41) is 25.0. The van der Waals surface area contributed by atoms with Crippen LogP contribution in [-0.2, 0) is 11.3 Å². The van der Waals surface area contributed by atoms with Crippen molar-refractivity contribution in [1.82, 2.24) is 10.6 Å². The van der Waals surface area contributed by atoms with Crippen LogP contribution in [0.5, 0.6) is 11.5 Å². The molecule has 22 heavy (non-hydrogen) atoms. The lowest BCUT2D eigenvalue weighted by molar-refractivity contribution is 0.0522. The average molecular weight is 310 g/mol. The number of hydrogen-bond donors (Lipinski definition) is 4. The Balaban J connectivity index is 2.43. The Morgan fingerprint density at radius 1 is 1.32 bits per heavy atom. The fourth-order valence-electron chi connectivity index (χ4n) is 1.84. The van der Waals surface area contributed by atoms with Crippen molar-refractivity contribution in [3.05, 3.63) is 23.8 Å². The Hall–Kier alpha value is -1.95. The first-order chi connectivity index (χ1) is 10.2. The number of amides is 1. The summed E-state index contributed by atoms with van der Waals surface area (Å²) >= 11 is 0. The van der Waals surface area contributed by atoms with Crippen molar-refractivity contribution in [1.29, 1.82) is 0 Å². The normalized spacial score (nSPS) is 12.7. The number of carbonyl (C=O) groups is 1. The average Bonchev–Trinajstić information content (AvgIpc) is 2.38. The third kappa shape index (κ3) is 6.67. The van der Waals surface area contributed by atoms with Crippen molar-refractivity contribution >= 4 is 6.09 Å². The molecule has 0 heterocycles. The predicted octanol–water partition coefficient (Wildman–Crippen LogP) is 2.49. The van der Waals surface area contributed by atoms with Gasteiger partial charge in [-0.15, -0.1) is 0 Å². The first-order valence-corrected chi connectivity index (χ1v) is 7.42. The second-order valence-electron chi connectivity index (χ2n) is 6.18. The SMILES string of the molecule is CCC(CNC(=O)OC(C)(C)C)NCc1ccc(O)cc1O. The molecule has 1 unspecified atom stereocenters. The van der Waals surface area contributed by atoms with Crippen LogP contribution in [0.15, 0.2) is 18.2 Å². The van der Waals surface area contributed by atoms with E-state index in [1.165, 1.54) is 12.1 Å². The van der Waals surface area contributed by atoms with Gasteiger partial charge in [0.05, 0.1) is 0 Å². The molecule has 124 valence electrons. The number of carbonyl (C=O) groups excluding carboxylic acids is 1. The van der Waals surface area contributed by atoms with E-state index in [2.05, 4.69) is 10.6 Å². The van der Waals surface area contributed by atoms with Gasteiger partial charge in [0, 0.05) is 30.8 Å². The van der Waals surface area contributed by atoms with E-state index in [1.54, 1.807) is 6.07 Å². The van der Waals surface area contributed by atoms with Crippen molar-refractivity contribution in [2.45, 2.75) is 52.3 Å². The summed E-state index contributed by atoms with van der Waals surface area (Å²) in [5.41, 5.74) is 0.172. The molecule has 0 saturated heterocycles. The van der Waals surface area contributed by atoms with Crippen molar-refractivity contribution < 1.29 is 19.7 Å². The van der Waals surface area contributed by atoms with Gasteiger partial charge in [-0.05, 0) is 33.3 Å². The molecule has 0 spiro atoms. The highest BCUT2D eigenvalue weighted by atomic mass is 16.6. The van der Waals surface area contributed by atoms with Crippen LogP contribution in [0.2, 0.25) is 0 Å². The van der Waals surface area contributed by atoms with E-state index < -0.39 is 11.7 Å². The van der Waals surface area contributed by atoms with Gasteiger partial charge >= 0.3 is 6.09 Å². The van der Waals surface area contributed by atoms with E-state index in [0.717, 1.165) is 6.42 Å². The zero-order chi connectivity index (χ0) is 16.8. The van der Waals surface area contributed by atoms with Crippen LogP contribution in [0.25, 0.3) is 0 Å². The summed E-state index contributed by atoms with van der Waals surface area (Å²) in [7, 11) is 0. The lowest BCUT2D eigenvalue weighted by Gasteiger charge is -2.22. The topological polar surface area (TPSA) is 90.8 Å². The predicted molar refractivity (Wildman–Crippen MR) is 84.9 cm³/mol. The number of nitrogens with one attached hydrogen (secondary N) is 2. The van der Waals surface area contributed by atoms with Crippen LogP contribution in [0.1, 0.15) is 39.7 Å². The van der Waals surface area contributed by atoms with E-state index in [4.69, 9.17) is 4.74 Å². The third-order valence-electron chi connectivity index (χ3n) is 3.03. The molecule has 1 aromatic carbocycles. The third-order valence-corrected chi connectivity index (χ3v) is 3.03. The molecule has 0 aromatic heterocycles. The van der Waals surface area contributed by atoms with Crippen molar-refractivity contribution in [3.8, 4) is 11.5 Å². The monoisotopic (exact) mass is 310 g/mol. The molecule has 0 radical (unpaired) electrons. The largest absolute Gasteiger partial charge is 0.508 e. The van der Waals surface area contributed by atoms with Crippen LogP contribution in [0.4, 0.5) is 4.79 Å². The summed E-state index contributed by atoms with van der Waals surface area (Å²) < 4.78 is 5.18. The Morgan fingerprint density at radius 2 is 2.00 bits per heavy atom. The fourth-order valence-corrected chi connectivity index (χ4v) is 1.84. The number of phenols is 2. The zero-order valence-corrected chi connectivity index (χ0v) is 13.6. The minimum absolute atomic E-state index is 0.0277. The fraction of sp³-hybridized carbons (Fsp3) is 0.562. The summed E-state index contributed by atoms with van der Waals surface area (Å²) in [6.45, 7) is 8.33. The van der Waals surface area contributed by atoms with Crippen LogP contribution >= 0.6 is 0 Å². The molecular formula is C16H26N2O4. The molecule has 0 bridgehead atoms. The Bertz CT molecular complexity index is 497. The summed E-state index contributed by atoms with van der Waals surface area (Å²) in [6.07, 6.45) is 0.370. The lowest BCUT2D eigenvalue weighted by atomic mass is 10.1. The second-order valence-corrected chi connectivity index (χ2v) is 6.18. The van der Waals surface area contributed by atoms with Crippen LogP contribution < -0.4 is 10.6 Å². The zero-order valence-electron chi connectivity index (χ0n) is 13.6. The molecule has 0 aliphatic rings. The van der Waals surface area contributed by atoms with Crippen LogP contribution in [0, 0.1) is 0 Å². The second kappa shape index (κ2) is 7.89. The molecule has 0 saturated carbocycles. The van der Waals surface area contributed by atoms with Crippen LogP contribution in [0.3, 0.4) is 0 Å². The van der Waals surface area contributed by atoms with Gasteiger partial charge in [-0.1, -0.05) is 13.0 Å². The molecule has 1 atom stereocenters. The number of hydrogen-bond acceptors (Lipinski definition) is 5. The molecule has 6 heteroatoms. The maximum atomic E-state index is 11.6. The number of benzene rings is 1. The minimum atomic E-state index is -0.517. The van der Waals surface area contributed by atoms with E-state index in [1.807, 2.05) is 27.7 Å². The van der Waals surface area contributed by atoms with Gasteiger partial charge in [0.25, 0.3) is 0 Å². The molecule has 0 aliphatic heterocycles. The maximum Gasteiger partial charge on any atom is 0.407 e. The summed E-state index contributed by atoms with van der Waals surface area (Å²) in [6, 6.07) is 4.54. The van der Waals surface area contributed by atoms with Gasteiger partial charge in [-0.3, -0.25) is 0 Å². The van der Waals surface area contributed by atoms with Crippen molar-refractivity contribution in [2.24, 2.45) is 0 Å². The molecule has 6 nitrogen and oxygen atoms in total. The standard InChI is InChI=1S/C16H26N2O4/c1-5-12(10-18-15(21)22-16(2,3)4)17-9-11-6-7-13(19)8-14(11)20/h6-8,12,17,19-20H,5,9-10H2,1-4H3,(H,18,21). The number of phenolic OH excluding ortho intramolecular Hbond substituents is 2. The van der Waals surface area contributed by atoms with Gasteiger partial charge in [0.2, 0.25) is 0 Å². The highest BCUT2D eigenvalue weighted by molar-refractivity contribution is 5.67. The van der Waals surface area contributed by atoms with Crippen molar-refractivity contribution in [2.75, 3.05) is 6.54 Å². The molecule has 0 fully saturated rings. The van der Waals surface area contributed by atoms with Crippen molar-refractivity contribution in [3.63, 3.8) is 0 Å². The molecule has 4 N–H and O–H groups in total. The number of ether oxygens (including phenoxy) is 1. The molecule has 1 amide bonds. The van der Waals surface area contributed by atoms with E-state index >= 15 is 0 Å². The Kier molecular flexibility index (Phi) is 6.49. The van der Waals surface area contributed by atoms with E-state index in [-0.39, 0.29) is 17.5 Å². The van der Waals surface area contributed by atoms with Gasteiger partial charge in [-0.2, -0.15) is 0 Å². The van der Waals surface area contributed by atoms with Gasteiger partial charge in [0.1, 0.15) is 17.1 Å². The van der Waals surface area contributed by atoms with Gasteiger partial charge < -0.3 is 25.6 Å². The van der Waals surface area contributed by atoms with Crippen LogP contribution in [-0.4, -0.2) is 34.5 Å². The highest BCUT2D eigenvalue weighted by Gasteiger charge is 2.17.